The molecule has 0 aliphatic carbocycles. The van der Waals surface area contributed by atoms with E-state index in [0.29, 0.717) is 11.3 Å². The van der Waals surface area contributed by atoms with E-state index < -0.39 is 0 Å². The molecule has 1 rings (SSSR count). The van der Waals surface area contributed by atoms with E-state index in [9.17, 15) is 9.59 Å². The molecule has 0 aliphatic rings. The minimum absolute atomic E-state index is 0.0130. The molecule has 0 atom stereocenters. The van der Waals surface area contributed by atoms with Gasteiger partial charge in [-0.05, 0) is 25.1 Å². The van der Waals surface area contributed by atoms with Gasteiger partial charge in [0.05, 0.1) is 11.6 Å². The van der Waals surface area contributed by atoms with Crippen LogP contribution in [0.1, 0.15) is 25.3 Å². The monoisotopic (exact) mass is 216 g/mol. The number of rotatable bonds is 4. The Morgan fingerprint density at radius 1 is 1.38 bits per heavy atom. The van der Waals surface area contributed by atoms with E-state index in [1.54, 1.807) is 24.3 Å². The standard InChI is InChI=1S/C12H12N2O2/c1-9(15)5-6-12(16)14-11-4-2-3-10(7-11)8-13/h2-4,7H,5-6H2,1H3,(H,14,16). The predicted octanol–water partition coefficient (Wildman–Crippen LogP) is 1.87. The molecular weight excluding hydrogens is 204 g/mol. The third-order valence-corrected chi connectivity index (χ3v) is 1.98. The van der Waals surface area contributed by atoms with Gasteiger partial charge in [-0.2, -0.15) is 5.26 Å². The van der Waals surface area contributed by atoms with Crippen LogP contribution in [0.15, 0.2) is 24.3 Å². The number of carbonyl (C=O) groups is 2. The molecule has 0 unspecified atom stereocenters. The number of hydrogen-bond donors (Lipinski definition) is 1. The van der Waals surface area contributed by atoms with Crippen molar-refractivity contribution in [3.63, 3.8) is 0 Å². The first kappa shape index (κ1) is 11.9. The maximum absolute atomic E-state index is 11.4. The van der Waals surface area contributed by atoms with Crippen LogP contribution in [0.2, 0.25) is 0 Å². The van der Waals surface area contributed by atoms with Crippen LogP contribution in [-0.2, 0) is 9.59 Å². The van der Waals surface area contributed by atoms with Crippen molar-refractivity contribution in [2.24, 2.45) is 0 Å². The van der Waals surface area contributed by atoms with Crippen molar-refractivity contribution < 1.29 is 9.59 Å². The molecule has 1 aromatic carbocycles. The minimum atomic E-state index is -0.217. The second-order valence-corrected chi connectivity index (χ2v) is 3.44. The lowest BCUT2D eigenvalue weighted by atomic mass is 10.2. The van der Waals surface area contributed by atoms with Gasteiger partial charge in [0.25, 0.3) is 0 Å². The van der Waals surface area contributed by atoms with E-state index >= 15 is 0 Å². The Hall–Kier alpha value is -2.15. The molecule has 0 spiro atoms. The topological polar surface area (TPSA) is 70.0 Å². The smallest absolute Gasteiger partial charge is 0.224 e. The van der Waals surface area contributed by atoms with Gasteiger partial charge in [-0.3, -0.25) is 4.79 Å². The van der Waals surface area contributed by atoms with Gasteiger partial charge in [0, 0.05) is 18.5 Å². The molecule has 82 valence electrons. The van der Waals surface area contributed by atoms with Crippen molar-refractivity contribution in [2.75, 3.05) is 5.32 Å². The number of carbonyl (C=O) groups excluding carboxylic acids is 2. The van der Waals surface area contributed by atoms with Gasteiger partial charge in [-0.1, -0.05) is 6.07 Å². The molecule has 4 heteroatoms. The van der Waals surface area contributed by atoms with E-state index in [1.807, 2.05) is 6.07 Å². The minimum Gasteiger partial charge on any atom is -0.326 e. The lowest BCUT2D eigenvalue weighted by Crippen LogP contribution is -2.12. The number of hydrogen-bond acceptors (Lipinski definition) is 3. The van der Waals surface area contributed by atoms with Crippen LogP contribution in [-0.4, -0.2) is 11.7 Å². The Labute approximate surface area is 93.9 Å². The van der Waals surface area contributed by atoms with Crippen molar-refractivity contribution in [3.05, 3.63) is 29.8 Å². The fourth-order valence-electron chi connectivity index (χ4n) is 1.18. The summed E-state index contributed by atoms with van der Waals surface area (Å²) in [6.45, 7) is 1.45. The fourth-order valence-corrected chi connectivity index (χ4v) is 1.18. The molecule has 4 nitrogen and oxygen atoms in total. The van der Waals surface area contributed by atoms with Crippen LogP contribution >= 0.6 is 0 Å². The molecule has 1 amide bonds. The van der Waals surface area contributed by atoms with Crippen molar-refractivity contribution in [1.29, 1.82) is 5.26 Å². The van der Waals surface area contributed by atoms with Crippen molar-refractivity contribution in [1.82, 2.24) is 0 Å². The highest BCUT2D eigenvalue weighted by molar-refractivity contribution is 5.93. The van der Waals surface area contributed by atoms with Gasteiger partial charge < -0.3 is 10.1 Å². The summed E-state index contributed by atoms with van der Waals surface area (Å²) in [6.07, 6.45) is 0.413. The summed E-state index contributed by atoms with van der Waals surface area (Å²) in [5, 5.41) is 11.3. The Bertz CT molecular complexity index is 447. The maximum atomic E-state index is 11.4. The first-order chi connectivity index (χ1) is 7.61. The SMILES string of the molecule is CC(=O)CCC(=O)Nc1cccc(C#N)c1. The fraction of sp³-hybridized carbons (Fsp3) is 0.250. The maximum Gasteiger partial charge on any atom is 0.224 e. The molecule has 0 aliphatic heterocycles. The van der Waals surface area contributed by atoms with Gasteiger partial charge in [0.1, 0.15) is 5.78 Å². The van der Waals surface area contributed by atoms with Crippen molar-refractivity contribution in [2.45, 2.75) is 19.8 Å². The zero-order valence-corrected chi connectivity index (χ0v) is 8.99. The Morgan fingerprint density at radius 3 is 2.75 bits per heavy atom. The second kappa shape index (κ2) is 5.66. The van der Waals surface area contributed by atoms with E-state index in [-0.39, 0.29) is 24.5 Å². The van der Waals surface area contributed by atoms with E-state index in [0.717, 1.165) is 0 Å². The summed E-state index contributed by atoms with van der Waals surface area (Å²) >= 11 is 0. The Kier molecular flexibility index (Phi) is 4.22. The Balaban J connectivity index is 2.56. The summed E-state index contributed by atoms with van der Waals surface area (Å²) in [7, 11) is 0. The molecule has 0 heterocycles. The first-order valence-electron chi connectivity index (χ1n) is 4.91. The molecule has 0 fully saturated rings. The van der Waals surface area contributed by atoms with Gasteiger partial charge >= 0.3 is 0 Å². The largest absolute Gasteiger partial charge is 0.326 e. The van der Waals surface area contributed by atoms with Gasteiger partial charge in [0.15, 0.2) is 0 Å². The predicted molar refractivity (Wildman–Crippen MR) is 59.7 cm³/mol. The lowest BCUT2D eigenvalue weighted by Gasteiger charge is -2.04. The lowest BCUT2D eigenvalue weighted by molar-refractivity contribution is -0.121. The molecule has 0 saturated carbocycles. The summed E-state index contributed by atoms with van der Waals surface area (Å²) < 4.78 is 0. The van der Waals surface area contributed by atoms with Gasteiger partial charge in [-0.25, -0.2) is 0 Å². The highest BCUT2D eigenvalue weighted by atomic mass is 16.2. The normalized spacial score (nSPS) is 9.25. The van der Waals surface area contributed by atoms with Crippen LogP contribution < -0.4 is 5.32 Å². The molecule has 0 bridgehead atoms. The number of Topliss-reactive ketones (excluding diaryl/α,β-unsaturated/α-hetero) is 1. The number of benzene rings is 1. The van der Waals surface area contributed by atoms with Crippen LogP contribution in [0.5, 0.6) is 0 Å². The highest BCUT2D eigenvalue weighted by Crippen LogP contribution is 2.10. The summed E-state index contributed by atoms with van der Waals surface area (Å²) in [5.74, 6) is -0.230. The molecule has 0 aromatic heterocycles. The van der Waals surface area contributed by atoms with Crippen LogP contribution in [0, 0.1) is 11.3 Å². The summed E-state index contributed by atoms with van der Waals surface area (Å²) in [4.78, 5) is 22.0. The summed E-state index contributed by atoms with van der Waals surface area (Å²) in [5.41, 5.74) is 1.07. The van der Waals surface area contributed by atoms with Crippen LogP contribution in [0.25, 0.3) is 0 Å². The Morgan fingerprint density at radius 2 is 2.12 bits per heavy atom. The number of nitriles is 1. The zero-order chi connectivity index (χ0) is 12.0. The molecule has 16 heavy (non-hydrogen) atoms. The van der Waals surface area contributed by atoms with Crippen molar-refractivity contribution >= 4 is 17.4 Å². The van der Waals surface area contributed by atoms with E-state index in [2.05, 4.69) is 5.32 Å². The number of ketones is 1. The van der Waals surface area contributed by atoms with Crippen LogP contribution in [0.4, 0.5) is 5.69 Å². The zero-order valence-electron chi connectivity index (χ0n) is 8.99. The third kappa shape index (κ3) is 3.93. The quantitative estimate of drug-likeness (QED) is 0.835. The highest BCUT2D eigenvalue weighted by Gasteiger charge is 2.04. The first-order valence-corrected chi connectivity index (χ1v) is 4.91. The van der Waals surface area contributed by atoms with Crippen LogP contribution in [0.3, 0.4) is 0 Å². The van der Waals surface area contributed by atoms with E-state index in [4.69, 9.17) is 5.26 Å². The molecule has 1 N–H and O–H groups in total. The van der Waals surface area contributed by atoms with Gasteiger partial charge in [-0.15, -0.1) is 0 Å². The average Bonchev–Trinajstić information content (AvgIpc) is 2.26. The number of nitrogens with one attached hydrogen (secondary N) is 1. The summed E-state index contributed by atoms with van der Waals surface area (Å²) in [6, 6.07) is 8.63. The van der Waals surface area contributed by atoms with E-state index in [1.165, 1.54) is 6.92 Å². The molecule has 0 radical (unpaired) electrons. The van der Waals surface area contributed by atoms with Gasteiger partial charge in [0.2, 0.25) is 5.91 Å². The van der Waals surface area contributed by atoms with Crippen molar-refractivity contribution in [3.8, 4) is 6.07 Å². The second-order valence-electron chi connectivity index (χ2n) is 3.44. The number of nitrogens with zero attached hydrogens (tertiary/aromatic N) is 1. The average molecular weight is 216 g/mol. The molecule has 0 saturated heterocycles. The molecular formula is C12H12N2O2. The number of amides is 1. The third-order valence-electron chi connectivity index (χ3n) is 1.98. The number of anilines is 1. The molecule has 1 aromatic rings.